The summed E-state index contributed by atoms with van der Waals surface area (Å²) in [5, 5.41) is 2.05. The van der Waals surface area contributed by atoms with Crippen LogP contribution in [0.1, 0.15) is 0 Å². The molecule has 1 aromatic carbocycles. The number of rotatable bonds is 3. The zero-order valence-electron chi connectivity index (χ0n) is 10.0. The Hall–Kier alpha value is -0.990. The number of halogens is 3. The van der Waals surface area contributed by atoms with E-state index < -0.39 is 10.0 Å². The lowest BCUT2D eigenvalue weighted by Gasteiger charge is -2.09. The number of nitrogens with zero attached hydrogens (tertiary/aromatic N) is 2. The molecule has 110 valence electrons. The monoisotopic (exact) mass is 381 g/mol. The summed E-state index contributed by atoms with van der Waals surface area (Å²) in [5.41, 5.74) is 0.172. The third kappa shape index (κ3) is 2.72. The lowest BCUT2D eigenvalue weighted by molar-refractivity contribution is 0.597. The fourth-order valence-corrected chi connectivity index (χ4v) is 4.67. The van der Waals surface area contributed by atoms with E-state index in [9.17, 15) is 8.42 Å². The zero-order chi connectivity index (χ0) is 15.2. The van der Waals surface area contributed by atoms with Crippen LogP contribution in [0.3, 0.4) is 0 Å². The molecule has 0 radical (unpaired) electrons. The molecule has 0 fully saturated rings. The number of anilines is 1. The number of hydrogen-bond acceptors (Lipinski definition) is 4. The standard InChI is InChI=1S/C11H6Cl3N3O2S2/c12-6-1-2-7(13)8(5-6)16-21(18,19)10-9(14)15-11-17(10)3-4-20-11/h1-5,16H. The Labute approximate surface area is 139 Å². The predicted molar refractivity (Wildman–Crippen MR) is 85.3 cm³/mol. The Morgan fingerprint density at radius 1 is 1.24 bits per heavy atom. The van der Waals surface area contributed by atoms with E-state index in [0.717, 1.165) is 0 Å². The summed E-state index contributed by atoms with van der Waals surface area (Å²) in [4.78, 5) is 4.47. The highest BCUT2D eigenvalue weighted by Gasteiger charge is 2.25. The number of fused-ring (bicyclic) bond motifs is 1. The van der Waals surface area contributed by atoms with Crippen molar-refractivity contribution in [2.45, 2.75) is 5.03 Å². The first-order chi connectivity index (χ1) is 9.88. The Morgan fingerprint density at radius 3 is 2.76 bits per heavy atom. The molecular weight excluding hydrogens is 377 g/mol. The van der Waals surface area contributed by atoms with Crippen LogP contribution in [0.15, 0.2) is 34.8 Å². The molecule has 3 rings (SSSR count). The summed E-state index contributed by atoms with van der Waals surface area (Å²) in [6, 6.07) is 4.48. The molecule has 2 aromatic heterocycles. The fourth-order valence-electron chi connectivity index (χ4n) is 1.75. The van der Waals surface area contributed by atoms with Gasteiger partial charge in [0.2, 0.25) is 0 Å². The van der Waals surface area contributed by atoms with Crippen molar-refractivity contribution in [1.29, 1.82) is 0 Å². The Bertz CT molecular complexity index is 933. The number of nitrogens with one attached hydrogen (secondary N) is 1. The first-order valence-corrected chi connectivity index (χ1v) is 8.97. The Kier molecular flexibility index (Phi) is 3.79. The lowest BCUT2D eigenvalue weighted by Crippen LogP contribution is -2.15. The van der Waals surface area contributed by atoms with E-state index in [0.29, 0.717) is 9.98 Å². The van der Waals surface area contributed by atoms with E-state index in [-0.39, 0.29) is 20.9 Å². The first kappa shape index (κ1) is 14.9. The molecule has 0 aliphatic rings. The van der Waals surface area contributed by atoms with E-state index in [2.05, 4.69) is 9.71 Å². The fraction of sp³-hybridized carbons (Fsp3) is 0. The van der Waals surface area contributed by atoms with Gasteiger partial charge in [-0.2, -0.15) is 8.42 Å². The van der Waals surface area contributed by atoms with Crippen LogP contribution in [0.4, 0.5) is 5.69 Å². The van der Waals surface area contributed by atoms with E-state index in [4.69, 9.17) is 34.8 Å². The third-order valence-corrected chi connectivity index (χ3v) is 5.69. The van der Waals surface area contributed by atoms with Crippen molar-refractivity contribution in [3.05, 3.63) is 45.0 Å². The second kappa shape index (κ2) is 5.33. The molecule has 0 bridgehead atoms. The van der Waals surface area contributed by atoms with Gasteiger partial charge < -0.3 is 0 Å². The maximum absolute atomic E-state index is 12.5. The number of hydrogen-bond donors (Lipinski definition) is 1. The van der Waals surface area contributed by atoms with Crippen LogP contribution in [-0.2, 0) is 10.0 Å². The summed E-state index contributed by atoms with van der Waals surface area (Å²) < 4.78 is 28.8. The summed E-state index contributed by atoms with van der Waals surface area (Å²) in [6.07, 6.45) is 1.58. The Morgan fingerprint density at radius 2 is 2.00 bits per heavy atom. The summed E-state index contributed by atoms with van der Waals surface area (Å²) >= 11 is 19.0. The van der Waals surface area contributed by atoms with Crippen molar-refractivity contribution < 1.29 is 8.42 Å². The molecule has 10 heteroatoms. The van der Waals surface area contributed by atoms with E-state index in [1.807, 2.05) is 0 Å². The number of imidazole rings is 1. The van der Waals surface area contributed by atoms with Crippen LogP contribution in [0.2, 0.25) is 15.2 Å². The molecule has 2 heterocycles. The Balaban J connectivity index is 2.10. The maximum atomic E-state index is 12.5. The van der Waals surface area contributed by atoms with Crippen LogP contribution in [0.5, 0.6) is 0 Å². The number of benzene rings is 1. The second-order valence-electron chi connectivity index (χ2n) is 3.99. The van der Waals surface area contributed by atoms with Crippen molar-refractivity contribution in [3.63, 3.8) is 0 Å². The van der Waals surface area contributed by atoms with Gasteiger partial charge in [-0.25, -0.2) is 4.98 Å². The molecule has 0 spiro atoms. The maximum Gasteiger partial charge on any atom is 0.281 e. The van der Waals surface area contributed by atoms with Crippen molar-refractivity contribution in [1.82, 2.24) is 9.38 Å². The van der Waals surface area contributed by atoms with Gasteiger partial charge in [0.15, 0.2) is 15.1 Å². The van der Waals surface area contributed by atoms with Crippen molar-refractivity contribution in [2.24, 2.45) is 0 Å². The van der Waals surface area contributed by atoms with Gasteiger partial charge in [-0.3, -0.25) is 9.12 Å². The second-order valence-corrected chi connectivity index (χ2v) is 7.67. The van der Waals surface area contributed by atoms with E-state index in [1.54, 1.807) is 17.6 Å². The van der Waals surface area contributed by atoms with Gasteiger partial charge in [-0.05, 0) is 18.2 Å². The average Bonchev–Trinajstić information content (AvgIpc) is 2.92. The van der Waals surface area contributed by atoms with Gasteiger partial charge in [0.1, 0.15) is 0 Å². The molecule has 5 nitrogen and oxygen atoms in total. The van der Waals surface area contributed by atoms with Crippen LogP contribution in [0, 0.1) is 0 Å². The van der Waals surface area contributed by atoms with Crippen molar-refractivity contribution in [2.75, 3.05) is 4.72 Å². The van der Waals surface area contributed by atoms with Gasteiger partial charge in [0, 0.05) is 16.6 Å². The predicted octanol–water partition coefficient (Wildman–Crippen LogP) is 4.16. The highest BCUT2D eigenvalue weighted by atomic mass is 35.5. The molecule has 0 amide bonds. The molecule has 3 aromatic rings. The minimum Gasteiger partial charge on any atom is -0.278 e. The summed E-state index contributed by atoms with van der Waals surface area (Å²) in [5.74, 6) is 0. The molecule has 0 saturated carbocycles. The molecule has 21 heavy (non-hydrogen) atoms. The van der Waals surface area contributed by atoms with Crippen LogP contribution in [0.25, 0.3) is 4.96 Å². The van der Waals surface area contributed by atoms with Gasteiger partial charge in [-0.1, -0.05) is 34.8 Å². The number of aromatic nitrogens is 2. The number of sulfonamides is 1. The average molecular weight is 383 g/mol. The SMILES string of the molecule is O=S(=O)(Nc1cc(Cl)ccc1Cl)c1c(Cl)nc2sccn12. The highest BCUT2D eigenvalue weighted by molar-refractivity contribution is 7.92. The molecule has 0 atom stereocenters. The van der Waals surface area contributed by atoms with Gasteiger partial charge in [0.05, 0.1) is 10.7 Å². The summed E-state index contributed by atoms with van der Waals surface area (Å²) in [7, 11) is -3.95. The topological polar surface area (TPSA) is 63.5 Å². The molecule has 0 unspecified atom stereocenters. The van der Waals surface area contributed by atoms with Gasteiger partial charge >= 0.3 is 0 Å². The normalized spacial score (nSPS) is 12.0. The highest BCUT2D eigenvalue weighted by Crippen LogP contribution is 2.30. The minimum absolute atomic E-state index is 0.104. The molecule has 0 aliphatic carbocycles. The first-order valence-electron chi connectivity index (χ1n) is 5.47. The minimum atomic E-state index is -3.95. The summed E-state index contributed by atoms with van der Waals surface area (Å²) in [6.45, 7) is 0. The third-order valence-electron chi connectivity index (χ3n) is 2.61. The van der Waals surface area contributed by atoms with Crippen LogP contribution >= 0.6 is 46.1 Å². The zero-order valence-corrected chi connectivity index (χ0v) is 13.9. The smallest absolute Gasteiger partial charge is 0.278 e. The van der Waals surface area contributed by atoms with Crippen LogP contribution < -0.4 is 4.72 Å². The molecule has 0 saturated heterocycles. The quantitative estimate of drug-likeness (QED) is 0.740. The number of thiazole rings is 1. The largest absolute Gasteiger partial charge is 0.281 e. The molecule has 0 aliphatic heterocycles. The molecular formula is C11H6Cl3N3O2S2. The van der Waals surface area contributed by atoms with Crippen LogP contribution in [-0.4, -0.2) is 17.8 Å². The van der Waals surface area contributed by atoms with Crippen molar-refractivity contribution >= 4 is 66.8 Å². The van der Waals surface area contributed by atoms with Gasteiger partial charge in [0.25, 0.3) is 10.0 Å². The van der Waals surface area contributed by atoms with E-state index in [1.165, 1.54) is 27.9 Å². The van der Waals surface area contributed by atoms with Crippen molar-refractivity contribution in [3.8, 4) is 0 Å². The van der Waals surface area contributed by atoms with E-state index >= 15 is 0 Å². The van der Waals surface area contributed by atoms with Gasteiger partial charge in [-0.15, -0.1) is 11.3 Å². The lowest BCUT2D eigenvalue weighted by atomic mass is 10.3. The molecule has 1 N–H and O–H groups in total.